The second-order valence-electron chi connectivity index (χ2n) is 4.03. The van der Waals surface area contributed by atoms with Gasteiger partial charge < -0.3 is 5.73 Å². The minimum atomic E-state index is -3.08. The highest BCUT2D eigenvalue weighted by Crippen LogP contribution is 2.13. The Labute approximate surface area is 102 Å². The zero-order valence-corrected chi connectivity index (χ0v) is 10.9. The summed E-state index contributed by atoms with van der Waals surface area (Å²) in [5, 5.41) is 0.122. The number of sulfone groups is 1. The lowest BCUT2D eigenvalue weighted by Crippen LogP contribution is -2.39. The van der Waals surface area contributed by atoms with E-state index in [1.807, 2.05) is 12.1 Å². The molecule has 0 aliphatic heterocycles. The second-order valence-corrected chi connectivity index (χ2v) is 6.87. The van der Waals surface area contributed by atoms with Crippen LogP contribution < -0.4 is 5.73 Å². The molecule has 90 valence electrons. The fourth-order valence-electron chi connectivity index (χ4n) is 1.38. The van der Waals surface area contributed by atoms with Gasteiger partial charge in [-0.05, 0) is 31.0 Å². The summed E-state index contributed by atoms with van der Waals surface area (Å²) in [5.41, 5.74) is 6.85. The van der Waals surface area contributed by atoms with E-state index in [9.17, 15) is 8.42 Å². The minimum Gasteiger partial charge on any atom is -0.326 e. The molecule has 1 rings (SSSR count). The number of halogens is 1. The lowest BCUT2D eigenvalue weighted by atomic mass is 10.0. The van der Waals surface area contributed by atoms with Crippen LogP contribution in [0.25, 0.3) is 0 Å². The van der Waals surface area contributed by atoms with Crippen molar-refractivity contribution in [3.05, 3.63) is 34.9 Å². The van der Waals surface area contributed by atoms with Crippen molar-refractivity contribution in [3.63, 3.8) is 0 Å². The number of nitrogens with two attached hydrogens (primary N) is 1. The molecule has 3 nitrogen and oxygen atoms in total. The van der Waals surface area contributed by atoms with Crippen LogP contribution in [-0.4, -0.2) is 26.0 Å². The molecule has 1 aromatic rings. The summed E-state index contributed by atoms with van der Waals surface area (Å²) in [7, 11) is -3.08. The van der Waals surface area contributed by atoms with Gasteiger partial charge in [-0.25, -0.2) is 8.42 Å². The third-order valence-electron chi connectivity index (χ3n) is 2.66. The van der Waals surface area contributed by atoms with Crippen LogP contribution in [0.15, 0.2) is 24.3 Å². The lowest BCUT2D eigenvalue weighted by Gasteiger charge is -2.18. The Hall–Kier alpha value is -0.580. The fourth-order valence-corrected chi connectivity index (χ4v) is 2.23. The van der Waals surface area contributed by atoms with E-state index in [2.05, 4.69) is 0 Å². The van der Waals surface area contributed by atoms with Gasteiger partial charge in [-0.1, -0.05) is 23.7 Å². The van der Waals surface area contributed by atoms with E-state index in [1.54, 1.807) is 19.1 Å². The quantitative estimate of drug-likeness (QED) is 0.896. The predicted molar refractivity (Wildman–Crippen MR) is 67.4 cm³/mol. The SMILES string of the molecule is CC(C(N)Cc1ccc(Cl)cc1)S(C)(=O)=O. The van der Waals surface area contributed by atoms with Crippen molar-refractivity contribution in [2.75, 3.05) is 6.26 Å². The smallest absolute Gasteiger partial charge is 0.151 e. The van der Waals surface area contributed by atoms with Gasteiger partial charge >= 0.3 is 0 Å². The fraction of sp³-hybridized carbons (Fsp3) is 0.455. The molecule has 0 radical (unpaired) electrons. The van der Waals surface area contributed by atoms with Crippen molar-refractivity contribution in [1.82, 2.24) is 0 Å². The van der Waals surface area contributed by atoms with Gasteiger partial charge in [0.1, 0.15) is 0 Å². The van der Waals surface area contributed by atoms with Crippen LogP contribution in [0.4, 0.5) is 0 Å². The van der Waals surface area contributed by atoms with Gasteiger partial charge in [-0.2, -0.15) is 0 Å². The van der Waals surface area contributed by atoms with Gasteiger partial charge in [0, 0.05) is 17.3 Å². The van der Waals surface area contributed by atoms with E-state index >= 15 is 0 Å². The van der Waals surface area contributed by atoms with Crippen molar-refractivity contribution < 1.29 is 8.42 Å². The van der Waals surface area contributed by atoms with Crippen LogP contribution in [-0.2, 0) is 16.3 Å². The molecule has 0 saturated carbocycles. The van der Waals surface area contributed by atoms with Crippen molar-refractivity contribution in [1.29, 1.82) is 0 Å². The molecule has 0 heterocycles. The first-order valence-electron chi connectivity index (χ1n) is 4.99. The summed E-state index contributed by atoms with van der Waals surface area (Å²) in [6.45, 7) is 1.63. The first kappa shape index (κ1) is 13.5. The van der Waals surface area contributed by atoms with Crippen LogP contribution >= 0.6 is 11.6 Å². The molecule has 0 fully saturated rings. The van der Waals surface area contributed by atoms with E-state index in [0.717, 1.165) is 5.56 Å². The standard InChI is InChI=1S/C11H16ClNO2S/c1-8(16(2,14)15)11(13)7-9-3-5-10(12)6-4-9/h3-6,8,11H,7,13H2,1-2H3. The average Bonchev–Trinajstić information content (AvgIpc) is 2.19. The Kier molecular flexibility index (Phi) is 4.35. The summed E-state index contributed by atoms with van der Waals surface area (Å²) < 4.78 is 22.6. The van der Waals surface area contributed by atoms with Crippen molar-refractivity contribution in [2.24, 2.45) is 5.73 Å². The highest BCUT2D eigenvalue weighted by molar-refractivity contribution is 7.91. The first-order chi connectivity index (χ1) is 7.30. The second kappa shape index (κ2) is 5.17. The maximum atomic E-state index is 11.3. The molecule has 0 aliphatic rings. The van der Waals surface area contributed by atoms with Crippen LogP contribution in [0.1, 0.15) is 12.5 Å². The van der Waals surface area contributed by atoms with E-state index in [0.29, 0.717) is 11.4 Å². The van der Waals surface area contributed by atoms with E-state index in [1.165, 1.54) is 6.26 Å². The Morgan fingerprint density at radius 2 is 1.81 bits per heavy atom. The highest BCUT2D eigenvalue weighted by Gasteiger charge is 2.22. The number of hydrogen-bond acceptors (Lipinski definition) is 3. The normalized spacial score (nSPS) is 15.8. The van der Waals surface area contributed by atoms with E-state index in [-0.39, 0.29) is 0 Å². The van der Waals surface area contributed by atoms with Crippen LogP contribution in [0, 0.1) is 0 Å². The van der Waals surface area contributed by atoms with Gasteiger partial charge in [-0.3, -0.25) is 0 Å². The first-order valence-corrected chi connectivity index (χ1v) is 7.33. The number of rotatable bonds is 4. The summed E-state index contributed by atoms with van der Waals surface area (Å²) in [5.74, 6) is 0. The zero-order chi connectivity index (χ0) is 12.3. The Balaban J connectivity index is 2.71. The molecule has 1 aromatic carbocycles. The highest BCUT2D eigenvalue weighted by atomic mass is 35.5. The molecule has 16 heavy (non-hydrogen) atoms. The van der Waals surface area contributed by atoms with E-state index < -0.39 is 21.1 Å². The number of hydrogen-bond donors (Lipinski definition) is 1. The van der Waals surface area contributed by atoms with Gasteiger partial charge in [-0.15, -0.1) is 0 Å². The summed E-state index contributed by atoms with van der Waals surface area (Å²) in [6, 6.07) is 6.87. The van der Waals surface area contributed by atoms with Gasteiger partial charge in [0.25, 0.3) is 0 Å². The molecule has 2 atom stereocenters. The zero-order valence-electron chi connectivity index (χ0n) is 9.35. The number of benzene rings is 1. The molecule has 2 N–H and O–H groups in total. The van der Waals surface area contributed by atoms with E-state index in [4.69, 9.17) is 17.3 Å². The van der Waals surface area contributed by atoms with Gasteiger partial charge in [0.2, 0.25) is 0 Å². The molecule has 0 bridgehead atoms. The van der Waals surface area contributed by atoms with Gasteiger partial charge in [0.05, 0.1) is 5.25 Å². The molecule has 0 amide bonds. The predicted octanol–water partition coefficient (Wildman–Crippen LogP) is 1.64. The minimum absolute atomic E-state index is 0.392. The third kappa shape index (κ3) is 3.77. The van der Waals surface area contributed by atoms with Gasteiger partial charge in [0.15, 0.2) is 9.84 Å². The summed E-state index contributed by atoms with van der Waals surface area (Å²) >= 11 is 5.76. The maximum Gasteiger partial charge on any atom is 0.151 e. The Bertz CT molecular complexity index is 442. The van der Waals surface area contributed by atoms with Crippen LogP contribution in [0.3, 0.4) is 0 Å². The molecule has 0 saturated heterocycles. The molecular formula is C11H16ClNO2S. The molecule has 0 aliphatic carbocycles. The van der Waals surface area contributed by atoms with Crippen molar-refractivity contribution in [3.8, 4) is 0 Å². The lowest BCUT2D eigenvalue weighted by molar-refractivity contribution is 0.562. The maximum absolute atomic E-state index is 11.3. The summed E-state index contributed by atoms with van der Waals surface area (Å²) in [6.07, 6.45) is 1.74. The Morgan fingerprint density at radius 3 is 2.25 bits per heavy atom. The monoisotopic (exact) mass is 261 g/mol. The molecule has 0 spiro atoms. The average molecular weight is 262 g/mol. The van der Waals surface area contributed by atoms with Crippen LogP contribution in [0.5, 0.6) is 0 Å². The summed E-state index contributed by atoms with van der Waals surface area (Å²) in [4.78, 5) is 0. The topological polar surface area (TPSA) is 60.2 Å². The van der Waals surface area contributed by atoms with Crippen molar-refractivity contribution in [2.45, 2.75) is 24.6 Å². The largest absolute Gasteiger partial charge is 0.326 e. The third-order valence-corrected chi connectivity index (χ3v) is 4.62. The van der Waals surface area contributed by atoms with Crippen LogP contribution in [0.2, 0.25) is 5.02 Å². The van der Waals surface area contributed by atoms with Crippen molar-refractivity contribution >= 4 is 21.4 Å². The molecule has 2 unspecified atom stereocenters. The molecule has 5 heteroatoms. The molecule has 0 aromatic heterocycles. The Morgan fingerprint density at radius 1 is 1.31 bits per heavy atom. The molecular weight excluding hydrogens is 246 g/mol.